The number of nitrogens with two attached hydrogens (primary N) is 1. The lowest BCUT2D eigenvalue weighted by Gasteiger charge is -2.24. The third-order valence-electron chi connectivity index (χ3n) is 4.46. The number of carbonyl (C=O) groups excluding carboxylic acids is 3. The van der Waals surface area contributed by atoms with E-state index >= 15 is 0 Å². The van der Waals surface area contributed by atoms with Crippen molar-refractivity contribution in [2.45, 2.75) is 43.4 Å². The molecule has 3 amide bonds. The van der Waals surface area contributed by atoms with Crippen molar-refractivity contribution < 1.29 is 49.2 Å². The van der Waals surface area contributed by atoms with Crippen LogP contribution in [0.25, 0.3) is 0 Å². The van der Waals surface area contributed by atoms with Gasteiger partial charge in [-0.15, -0.1) is 0 Å². The first-order valence-electron chi connectivity index (χ1n) is 9.92. The van der Waals surface area contributed by atoms with E-state index < -0.39 is 79.2 Å². The van der Waals surface area contributed by atoms with Crippen molar-refractivity contribution in [3.05, 3.63) is 35.9 Å². The summed E-state index contributed by atoms with van der Waals surface area (Å²) in [4.78, 5) is 70.2. The van der Waals surface area contributed by atoms with Gasteiger partial charge in [0.1, 0.15) is 18.1 Å². The molecule has 9 N–H and O–H groups in total. The minimum absolute atomic E-state index is 0.136. The van der Waals surface area contributed by atoms with Crippen molar-refractivity contribution in [1.82, 2.24) is 16.0 Å². The third kappa shape index (κ3) is 9.62. The highest BCUT2D eigenvalue weighted by Crippen LogP contribution is 2.06. The molecule has 1 rings (SSSR count). The van der Waals surface area contributed by atoms with Crippen LogP contribution in [0.2, 0.25) is 0 Å². The average molecular weight is 482 g/mol. The molecule has 0 aliphatic heterocycles. The van der Waals surface area contributed by atoms with Gasteiger partial charge in [0.25, 0.3) is 0 Å². The Morgan fingerprint density at radius 1 is 0.735 bits per heavy atom. The normalized spacial score (nSPS) is 14.1. The molecule has 14 nitrogen and oxygen atoms in total. The molecule has 0 bridgehead atoms. The molecule has 4 atom stereocenters. The molecule has 0 aliphatic carbocycles. The summed E-state index contributed by atoms with van der Waals surface area (Å²) in [5.41, 5.74) is 5.98. The number of carbonyl (C=O) groups is 6. The zero-order chi connectivity index (χ0) is 25.8. The molecule has 1 aromatic carbocycles. The molecule has 14 heteroatoms. The second kappa shape index (κ2) is 13.5. The molecule has 4 unspecified atom stereocenters. The first-order chi connectivity index (χ1) is 15.9. The van der Waals surface area contributed by atoms with Gasteiger partial charge in [-0.3, -0.25) is 24.0 Å². The highest BCUT2D eigenvalue weighted by Gasteiger charge is 2.31. The highest BCUT2D eigenvalue weighted by atomic mass is 16.4. The van der Waals surface area contributed by atoms with Gasteiger partial charge in [-0.2, -0.15) is 0 Å². The number of carboxylic acids is 3. The number of aliphatic hydroxyl groups excluding tert-OH is 1. The van der Waals surface area contributed by atoms with Gasteiger partial charge in [0.15, 0.2) is 0 Å². The number of amides is 3. The van der Waals surface area contributed by atoms with E-state index in [2.05, 4.69) is 10.6 Å². The first-order valence-corrected chi connectivity index (χ1v) is 9.92. The quantitative estimate of drug-likeness (QED) is 0.133. The minimum atomic E-state index is -1.78. The molecule has 0 fully saturated rings. The predicted molar refractivity (Wildman–Crippen MR) is 113 cm³/mol. The minimum Gasteiger partial charge on any atom is -0.481 e. The lowest BCUT2D eigenvalue weighted by atomic mass is 10.0. The van der Waals surface area contributed by atoms with Crippen molar-refractivity contribution >= 4 is 35.6 Å². The third-order valence-corrected chi connectivity index (χ3v) is 4.46. The van der Waals surface area contributed by atoms with Crippen LogP contribution in [0, 0.1) is 0 Å². The van der Waals surface area contributed by atoms with Gasteiger partial charge in [0.05, 0.1) is 25.5 Å². The Kier molecular flexibility index (Phi) is 11.1. The summed E-state index contributed by atoms with van der Waals surface area (Å²) in [7, 11) is 0. The Morgan fingerprint density at radius 3 is 1.74 bits per heavy atom. The maximum Gasteiger partial charge on any atom is 0.326 e. The fourth-order valence-corrected chi connectivity index (χ4v) is 2.73. The Hall–Kier alpha value is -4.04. The van der Waals surface area contributed by atoms with Gasteiger partial charge >= 0.3 is 17.9 Å². The zero-order valence-corrected chi connectivity index (χ0v) is 17.8. The van der Waals surface area contributed by atoms with E-state index in [0.29, 0.717) is 5.56 Å². The average Bonchev–Trinajstić information content (AvgIpc) is 2.75. The summed E-state index contributed by atoms with van der Waals surface area (Å²) in [5, 5.41) is 42.6. The predicted octanol–water partition coefficient (Wildman–Crippen LogP) is -2.96. The van der Waals surface area contributed by atoms with Gasteiger partial charge in [-0.1, -0.05) is 30.3 Å². The Morgan fingerprint density at radius 2 is 1.24 bits per heavy atom. The fraction of sp³-hybridized carbons (Fsp3) is 0.400. The molecule has 0 heterocycles. The van der Waals surface area contributed by atoms with E-state index in [1.54, 1.807) is 30.3 Å². The summed E-state index contributed by atoms with van der Waals surface area (Å²) < 4.78 is 0. The van der Waals surface area contributed by atoms with Crippen LogP contribution in [-0.4, -0.2) is 86.8 Å². The standard InChI is InChI=1S/C20H26N4O10/c21-11(7-15(26)27)17(30)24-14(9-25)19(32)22-12(6-10-4-2-1-3-5-10)18(31)23-13(20(33)34)8-16(28)29/h1-5,11-14,25H,6-9,21H2,(H,22,32)(H,23,31)(H,24,30)(H,26,27)(H,28,29)(H,33,34). The summed E-state index contributed by atoms with van der Waals surface area (Å²) in [6.45, 7) is -0.923. The van der Waals surface area contributed by atoms with E-state index in [-0.39, 0.29) is 6.42 Å². The van der Waals surface area contributed by atoms with Crippen molar-refractivity contribution in [1.29, 1.82) is 0 Å². The molecule has 34 heavy (non-hydrogen) atoms. The first kappa shape index (κ1) is 28.0. The molecule has 186 valence electrons. The largest absolute Gasteiger partial charge is 0.481 e. The van der Waals surface area contributed by atoms with Crippen LogP contribution in [0.3, 0.4) is 0 Å². The number of hydrogen-bond acceptors (Lipinski definition) is 8. The van der Waals surface area contributed by atoms with Gasteiger partial charge in [0, 0.05) is 6.42 Å². The van der Waals surface area contributed by atoms with Gasteiger partial charge < -0.3 is 42.1 Å². The van der Waals surface area contributed by atoms with Crippen molar-refractivity contribution in [3.63, 3.8) is 0 Å². The molecule has 0 radical (unpaired) electrons. The summed E-state index contributed by atoms with van der Waals surface area (Å²) in [5.74, 6) is -7.53. The number of aliphatic carboxylic acids is 3. The maximum atomic E-state index is 12.7. The summed E-state index contributed by atoms with van der Waals surface area (Å²) in [6.07, 6.45) is -1.78. The number of benzene rings is 1. The fourth-order valence-electron chi connectivity index (χ4n) is 2.73. The molecule has 0 saturated heterocycles. The Bertz CT molecular complexity index is 908. The zero-order valence-electron chi connectivity index (χ0n) is 17.8. The smallest absolute Gasteiger partial charge is 0.326 e. The SMILES string of the molecule is NC(CC(=O)O)C(=O)NC(CO)C(=O)NC(Cc1ccccc1)C(=O)NC(CC(=O)O)C(=O)O. The topological polar surface area (TPSA) is 245 Å². The van der Waals surface area contributed by atoms with Crippen molar-refractivity contribution in [2.24, 2.45) is 5.73 Å². The van der Waals surface area contributed by atoms with E-state index in [4.69, 9.17) is 21.1 Å². The van der Waals surface area contributed by atoms with Gasteiger partial charge in [-0.25, -0.2) is 4.79 Å². The number of hydrogen-bond donors (Lipinski definition) is 8. The van der Waals surface area contributed by atoms with E-state index in [1.165, 1.54) is 0 Å². The number of carboxylic acid groups (broad SMARTS) is 3. The van der Waals surface area contributed by atoms with Crippen LogP contribution < -0.4 is 21.7 Å². The summed E-state index contributed by atoms with van der Waals surface area (Å²) in [6, 6.07) is 1.94. The second-order valence-electron chi connectivity index (χ2n) is 7.20. The summed E-state index contributed by atoms with van der Waals surface area (Å²) >= 11 is 0. The highest BCUT2D eigenvalue weighted by molar-refractivity contribution is 5.95. The van der Waals surface area contributed by atoms with Crippen LogP contribution >= 0.6 is 0 Å². The lowest BCUT2D eigenvalue weighted by molar-refractivity contribution is -0.147. The lowest BCUT2D eigenvalue weighted by Crippen LogP contribution is -2.58. The molecule has 0 saturated carbocycles. The van der Waals surface area contributed by atoms with Gasteiger partial charge in [0.2, 0.25) is 17.7 Å². The molecule has 1 aromatic rings. The van der Waals surface area contributed by atoms with Crippen molar-refractivity contribution in [2.75, 3.05) is 6.61 Å². The monoisotopic (exact) mass is 482 g/mol. The van der Waals surface area contributed by atoms with Crippen LogP contribution in [-0.2, 0) is 35.2 Å². The molecular formula is C20H26N4O10. The van der Waals surface area contributed by atoms with Crippen LogP contribution in [0.15, 0.2) is 30.3 Å². The van der Waals surface area contributed by atoms with Crippen LogP contribution in [0.4, 0.5) is 0 Å². The molecule has 0 aliphatic rings. The Balaban J connectivity index is 3.02. The molecule has 0 aromatic heterocycles. The maximum absolute atomic E-state index is 12.7. The Labute approximate surface area is 193 Å². The number of rotatable bonds is 14. The van der Waals surface area contributed by atoms with Gasteiger partial charge in [-0.05, 0) is 5.56 Å². The van der Waals surface area contributed by atoms with E-state index in [0.717, 1.165) is 0 Å². The number of aliphatic hydroxyl groups is 1. The molecule has 0 spiro atoms. The second-order valence-corrected chi connectivity index (χ2v) is 7.20. The van der Waals surface area contributed by atoms with E-state index in [1.807, 2.05) is 5.32 Å². The number of nitrogens with one attached hydrogen (secondary N) is 3. The molecular weight excluding hydrogens is 456 g/mol. The van der Waals surface area contributed by atoms with Crippen molar-refractivity contribution in [3.8, 4) is 0 Å². The van der Waals surface area contributed by atoms with Crippen LogP contribution in [0.5, 0.6) is 0 Å². The van der Waals surface area contributed by atoms with Crippen LogP contribution in [0.1, 0.15) is 18.4 Å². The van der Waals surface area contributed by atoms with E-state index in [9.17, 15) is 33.9 Å².